The highest BCUT2D eigenvalue weighted by molar-refractivity contribution is 8.01. The van der Waals surface area contributed by atoms with Crippen molar-refractivity contribution in [3.63, 3.8) is 0 Å². The lowest BCUT2D eigenvalue weighted by Crippen LogP contribution is -2.02. The predicted octanol–water partition coefficient (Wildman–Crippen LogP) is 7.62. The molecule has 0 saturated heterocycles. The van der Waals surface area contributed by atoms with E-state index in [1.54, 1.807) is 0 Å². The van der Waals surface area contributed by atoms with E-state index in [9.17, 15) is 0 Å². The second-order valence-corrected chi connectivity index (χ2v) is 8.57. The van der Waals surface area contributed by atoms with Crippen LogP contribution in [0.1, 0.15) is 90.4 Å². The molecule has 1 saturated carbocycles. The molecule has 1 aromatic rings. The van der Waals surface area contributed by atoms with E-state index in [-0.39, 0.29) is 0 Å². The Kier molecular flexibility index (Phi) is 8.44. The average molecular weight is 319 g/mol. The van der Waals surface area contributed by atoms with Gasteiger partial charge in [0.05, 0.1) is 0 Å². The molecule has 1 aromatic carbocycles. The minimum atomic E-state index is 0.613. The van der Waals surface area contributed by atoms with Gasteiger partial charge >= 0.3 is 0 Å². The minimum Gasteiger partial charge on any atom is -0.119 e. The zero-order valence-electron chi connectivity index (χ0n) is 14.5. The van der Waals surface area contributed by atoms with Crippen molar-refractivity contribution in [1.29, 1.82) is 0 Å². The van der Waals surface area contributed by atoms with Gasteiger partial charge in [-0.15, -0.1) is 11.8 Å². The van der Waals surface area contributed by atoms with Crippen LogP contribution in [-0.2, 0) is 0 Å². The van der Waals surface area contributed by atoms with Gasteiger partial charge in [-0.05, 0) is 31.4 Å². The summed E-state index contributed by atoms with van der Waals surface area (Å²) in [5.41, 5.74) is 0. The number of hydrogen-bond donors (Lipinski definition) is 0. The first-order valence-electron chi connectivity index (χ1n) is 9.59. The lowest BCUT2D eigenvalue weighted by atomic mass is 10.0. The van der Waals surface area contributed by atoms with Gasteiger partial charge in [-0.25, -0.2) is 0 Å². The normalized spacial score (nSPS) is 15.9. The third kappa shape index (κ3) is 7.22. The molecule has 0 aromatic heterocycles. The summed E-state index contributed by atoms with van der Waals surface area (Å²) < 4.78 is 0.613. The number of rotatable bonds is 13. The largest absolute Gasteiger partial charge is 0.119 e. The Balaban J connectivity index is 1.45. The van der Waals surface area contributed by atoms with Crippen LogP contribution in [0.15, 0.2) is 35.2 Å². The van der Waals surface area contributed by atoms with Crippen LogP contribution in [0.25, 0.3) is 0 Å². The number of hydrogen-bond acceptors (Lipinski definition) is 1. The van der Waals surface area contributed by atoms with Gasteiger partial charge in [0, 0.05) is 9.64 Å². The molecule has 1 aliphatic rings. The van der Waals surface area contributed by atoms with Crippen LogP contribution >= 0.6 is 11.8 Å². The third-order valence-corrected chi connectivity index (χ3v) is 6.42. The van der Waals surface area contributed by atoms with Gasteiger partial charge in [0.25, 0.3) is 0 Å². The summed E-state index contributed by atoms with van der Waals surface area (Å²) in [4.78, 5) is 1.46. The van der Waals surface area contributed by atoms with E-state index in [0.29, 0.717) is 4.75 Å². The molecule has 0 amide bonds. The smallest absolute Gasteiger partial charge is 0.0208 e. The van der Waals surface area contributed by atoms with E-state index in [2.05, 4.69) is 49.0 Å². The summed E-state index contributed by atoms with van der Waals surface area (Å²) in [6.45, 7) is 2.29. The van der Waals surface area contributed by atoms with Gasteiger partial charge in [0.1, 0.15) is 0 Å². The SMILES string of the molecule is CCCCCCCCCCCCC1(Sc2ccccc2)CC1. The summed E-state index contributed by atoms with van der Waals surface area (Å²) in [5.74, 6) is 0. The zero-order valence-corrected chi connectivity index (χ0v) is 15.3. The molecule has 0 nitrogen and oxygen atoms in total. The molecular formula is C21H34S. The van der Waals surface area contributed by atoms with Gasteiger partial charge in [0.15, 0.2) is 0 Å². The Morgan fingerprint density at radius 3 is 1.86 bits per heavy atom. The van der Waals surface area contributed by atoms with Crippen molar-refractivity contribution in [3.8, 4) is 0 Å². The number of thioether (sulfide) groups is 1. The Bertz CT molecular complexity index is 380. The molecule has 22 heavy (non-hydrogen) atoms. The van der Waals surface area contributed by atoms with Crippen LogP contribution in [0.5, 0.6) is 0 Å². The average Bonchev–Trinajstić information content (AvgIpc) is 3.30. The van der Waals surface area contributed by atoms with Crippen molar-refractivity contribution in [2.75, 3.05) is 0 Å². The highest BCUT2D eigenvalue weighted by Gasteiger charge is 2.42. The van der Waals surface area contributed by atoms with Crippen molar-refractivity contribution in [3.05, 3.63) is 30.3 Å². The van der Waals surface area contributed by atoms with Crippen LogP contribution < -0.4 is 0 Å². The Hall–Kier alpha value is -0.430. The lowest BCUT2D eigenvalue weighted by molar-refractivity contribution is 0.545. The van der Waals surface area contributed by atoms with E-state index in [0.717, 1.165) is 0 Å². The molecule has 0 atom stereocenters. The van der Waals surface area contributed by atoms with Gasteiger partial charge in [0.2, 0.25) is 0 Å². The fourth-order valence-corrected chi connectivity index (χ4v) is 4.56. The standard InChI is InChI=1S/C21H34S/c1-2-3-4-5-6-7-8-9-10-14-17-21(18-19-21)22-20-15-12-11-13-16-20/h11-13,15-16H,2-10,14,17-19H2,1H3. The molecule has 1 fully saturated rings. The van der Waals surface area contributed by atoms with Crippen molar-refractivity contribution >= 4 is 11.8 Å². The molecule has 0 N–H and O–H groups in total. The zero-order chi connectivity index (χ0) is 15.5. The van der Waals surface area contributed by atoms with Gasteiger partial charge in [-0.1, -0.05) is 89.3 Å². The summed E-state index contributed by atoms with van der Waals surface area (Å²) in [7, 11) is 0. The number of benzene rings is 1. The molecule has 0 bridgehead atoms. The third-order valence-electron chi connectivity index (χ3n) is 4.87. The maximum absolute atomic E-state index is 2.29. The molecule has 0 radical (unpaired) electrons. The van der Waals surface area contributed by atoms with E-state index in [4.69, 9.17) is 0 Å². The Labute approximate surface area is 142 Å². The first kappa shape index (κ1) is 17.9. The summed E-state index contributed by atoms with van der Waals surface area (Å²) in [5, 5.41) is 0. The van der Waals surface area contributed by atoms with Crippen LogP contribution in [0, 0.1) is 0 Å². The molecule has 0 unspecified atom stereocenters. The summed E-state index contributed by atoms with van der Waals surface area (Å²) >= 11 is 2.14. The maximum atomic E-state index is 2.29. The van der Waals surface area contributed by atoms with Crippen LogP contribution in [0.4, 0.5) is 0 Å². The Morgan fingerprint density at radius 2 is 1.32 bits per heavy atom. The second-order valence-electron chi connectivity index (χ2n) is 7.03. The highest BCUT2D eigenvalue weighted by Crippen LogP contribution is 2.54. The highest BCUT2D eigenvalue weighted by atomic mass is 32.2. The van der Waals surface area contributed by atoms with E-state index < -0.39 is 0 Å². The van der Waals surface area contributed by atoms with Gasteiger partial charge in [-0.2, -0.15) is 0 Å². The van der Waals surface area contributed by atoms with Crippen molar-refractivity contribution in [1.82, 2.24) is 0 Å². The summed E-state index contributed by atoms with van der Waals surface area (Å²) in [6.07, 6.45) is 18.8. The molecule has 0 spiro atoms. The Morgan fingerprint density at radius 1 is 0.773 bits per heavy atom. The molecular weight excluding hydrogens is 284 g/mol. The monoisotopic (exact) mass is 318 g/mol. The van der Waals surface area contributed by atoms with Crippen LogP contribution in [0.2, 0.25) is 0 Å². The molecule has 1 aliphatic carbocycles. The second kappa shape index (κ2) is 10.4. The van der Waals surface area contributed by atoms with Crippen molar-refractivity contribution in [2.24, 2.45) is 0 Å². The molecule has 124 valence electrons. The van der Waals surface area contributed by atoms with Crippen molar-refractivity contribution in [2.45, 2.75) is 100 Å². The van der Waals surface area contributed by atoms with Gasteiger partial charge in [-0.3, -0.25) is 0 Å². The lowest BCUT2D eigenvalue weighted by Gasteiger charge is -2.14. The minimum absolute atomic E-state index is 0.613. The van der Waals surface area contributed by atoms with Crippen LogP contribution in [-0.4, -0.2) is 4.75 Å². The van der Waals surface area contributed by atoms with Gasteiger partial charge < -0.3 is 0 Å². The predicted molar refractivity (Wildman–Crippen MR) is 101 cm³/mol. The fraction of sp³-hybridized carbons (Fsp3) is 0.714. The fourth-order valence-electron chi connectivity index (χ4n) is 3.22. The van der Waals surface area contributed by atoms with E-state index >= 15 is 0 Å². The number of unbranched alkanes of at least 4 members (excludes halogenated alkanes) is 9. The van der Waals surface area contributed by atoms with Crippen LogP contribution in [0.3, 0.4) is 0 Å². The maximum Gasteiger partial charge on any atom is 0.0208 e. The van der Waals surface area contributed by atoms with Crippen molar-refractivity contribution < 1.29 is 0 Å². The molecule has 0 aliphatic heterocycles. The topological polar surface area (TPSA) is 0 Å². The first-order chi connectivity index (χ1) is 10.8. The molecule has 0 heterocycles. The molecule has 1 heteroatoms. The summed E-state index contributed by atoms with van der Waals surface area (Å²) in [6, 6.07) is 11.0. The van der Waals surface area contributed by atoms with E-state index in [1.807, 2.05) is 0 Å². The first-order valence-corrected chi connectivity index (χ1v) is 10.4. The quantitative estimate of drug-likeness (QED) is 0.337. The molecule has 2 rings (SSSR count). The van der Waals surface area contributed by atoms with E-state index in [1.165, 1.54) is 88.4 Å².